The van der Waals surface area contributed by atoms with Gasteiger partial charge in [0.2, 0.25) is 5.91 Å². The fraction of sp³-hybridized carbons (Fsp3) is 0.375. The molecule has 0 radical (unpaired) electrons. The summed E-state index contributed by atoms with van der Waals surface area (Å²) < 4.78 is 0. The normalized spacial score (nSPS) is 14.0. The lowest BCUT2D eigenvalue weighted by Crippen LogP contribution is -2.08. The Morgan fingerprint density at radius 1 is 1.50 bits per heavy atom. The summed E-state index contributed by atoms with van der Waals surface area (Å²) in [5.41, 5.74) is 6.05. The molecule has 0 aliphatic carbocycles. The minimum atomic E-state index is -0.0962. The van der Waals surface area contributed by atoms with Crippen LogP contribution >= 0.6 is 11.6 Å². The quantitative estimate of drug-likeness (QED) is 0.683. The summed E-state index contributed by atoms with van der Waals surface area (Å²) in [4.78, 5) is 19.3. The second-order valence-electron chi connectivity index (χ2n) is 3.02. The average Bonchev–Trinajstić information content (AvgIpc) is 2.47. The van der Waals surface area contributed by atoms with Crippen LogP contribution in [0.1, 0.15) is 11.4 Å². The first-order chi connectivity index (χ1) is 6.70. The third-order valence-corrected chi connectivity index (χ3v) is 2.28. The Morgan fingerprint density at radius 3 is 3.00 bits per heavy atom. The number of carbonyl (C=O) groups is 1. The highest BCUT2D eigenvalue weighted by molar-refractivity contribution is 6.31. The third kappa shape index (κ3) is 1.56. The standard InChI is InChI=1S/C8H9ClN4O/c9-7-4-3-6(14)13-8(4)12-5(11-7)1-2-10/h1-3,10H2,(H,11,12,13,14). The molecule has 1 aliphatic rings. The van der Waals surface area contributed by atoms with Crippen molar-refractivity contribution < 1.29 is 4.79 Å². The minimum Gasteiger partial charge on any atom is -0.330 e. The Hall–Kier alpha value is -1.20. The molecule has 3 N–H and O–H groups in total. The van der Waals surface area contributed by atoms with E-state index >= 15 is 0 Å². The number of nitrogens with two attached hydrogens (primary N) is 1. The topological polar surface area (TPSA) is 80.9 Å². The molecule has 2 heterocycles. The van der Waals surface area contributed by atoms with Crippen molar-refractivity contribution in [3.8, 4) is 0 Å². The van der Waals surface area contributed by atoms with Gasteiger partial charge in [0.05, 0.1) is 6.42 Å². The van der Waals surface area contributed by atoms with E-state index in [9.17, 15) is 4.79 Å². The lowest BCUT2D eigenvalue weighted by atomic mass is 10.2. The molecule has 1 amide bonds. The molecule has 0 aromatic carbocycles. The van der Waals surface area contributed by atoms with E-state index in [1.807, 2.05) is 0 Å². The summed E-state index contributed by atoms with van der Waals surface area (Å²) in [5, 5.41) is 2.97. The van der Waals surface area contributed by atoms with Crippen molar-refractivity contribution in [3.63, 3.8) is 0 Å². The van der Waals surface area contributed by atoms with E-state index < -0.39 is 0 Å². The number of rotatable bonds is 2. The maximum absolute atomic E-state index is 11.1. The first-order valence-corrected chi connectivity index (χ1v) is 4.63. The fourth-order valence-corrected chi connectivity index (χ4v) is 1.59. The Morgan fingerprint density at radius 2 is 2.29 bits per heavy atom. The molecule has 1 aromatic heterocycles. The van der Waals surface area contributed by atoms with Gasteiger partial charge in [0.15, 0.2) is 0 Å². The van der Waals surface area contributed by atoms with Gasteiger partial charge in [-0.05, 0) is 6.54 Å². The van der Waals surface area contributed by atoms with Crippen LogP contribution in [0.5, 0.6) is 0 Å². The van der Waals surface area contributed by atoms with Gasteiger partial charge in [0, 0.05) is 12.0 Å². The smallest absolute Gasteiger partial charge is 0.230 e. The number of anilines is 1. The van der Waals surface area contributed by atoms with Crippen LogP contribution in [0.25, 0.3) is 0 Å². The molecule has 0 unspecified atom stereocenters. The number of nitrogens with one attached hydrogen (secondary N) is 1. The van der Waals surface area contributed by atoms with E-state index in [0.717, 1.165) is 0 Å². The molecule has 0 saturated carbocycles. The highest BCUT2D eigenvalue weighted by Crippen LogP contribution is 2.26. The average molecular weight is 213 g/mol. The largest absolute Gasteiger partial charge is 0.330 e. The highest BCUT2D eigenvalue weighted by atomic mass is 35.5. The van der Waals surface area contributed by atoms with Gasteiger partial charge in [0.25, 0.3) is 0 Å². The van der Waals surface area contributed by atoms with Crippen molar-refractivity contribution in [2.45, 2.75) is 12.8 Å². The summed E-state index contributed by atoms with van der Waals surface area (Å²) in [6.07, 6.45) is 0.819. The van der Waals surface area contributed by atoms with Crippen molar-refractivity contribution in [1.82, 2.24) is 9.97 Å². The highest BCUT2D eigenvalue weighted by Gasteiger charge is 2.23. The maximum Gasteiger partial charge on any atom is 0.230 e. The van der Waals surface area contributed by atoms with Crippen molar-refractivity contribution in [1.29, 1.82) is 0 Å². The second-order valence-corrected chi connectivity index (χ2v) is 3.38. The predicted octanol–water partition coefficient (Wildman–Crippen LogP) is 0.126. The van der Waals surface area contributed by atoms with E-state index in [1.54, 1.807) is 0 Å². The van der Waals surface area contributed by atoms with Gasteiger partial charge >= 0.3 is 0 Å². The molecule has 0 bridgehead atoms. The zero-order chi connectivity index (χ0) is 10.1. The molecule has 0 atom stereocenters. The molecule has 1 aromatic rings. The Labute approximate surface area is 85.7 Å². The summed E-state index contributed by atoms with van der Waals surface area (Å²) in [5.74, 6) is 0.998. The number of hydrogen-bond acceptors (Lipinski definition) is 4. The predicted molar refractivity (Wildman–Crippen MR) is 52.1 cm³/mol. The van der Waals surface area contributed by atoms with Crippen LogP contribution in [0.3, 0.4) is 0 Å². The molecular formula is C8H9ClN4O. The van der Waals surface area contributed by atoms with Gasteiger partial charge in [-0.3, -0.25) is 4.79 Å². The monoisotopic (exact) mass is 212 g/mol. The van der Waals surface area contributed by atoms with Gasteiger partial charge in [0.1, 0.15) is 16.8 Å². The molecule has 14 heavy (non-hydrogen) atoms. The second kappa shape index (κ2) is 3.51. The van der Waals surface area contributed by atoms with Crippen molar-refractivity contribution >= 4 is 23.3 Å². The van der Waals surface area contributed by atoms with Crippen molar-refractivity contribution in [2.24, 2.45) is 5.73 Å². The molecule has 0 saturated heterocycles. The zero-order valence-corrected chi connectivity index (χ0v) is 8.14. The van der Waals surface area contributed by atoms with E-state index in [-0.39, 0.29) is 12.3 Å². The van der Waals surface area contributed by atoms with Gasteiger partial charge in [-0.25, -0.2) is 9.97 Å². The molecule has 6 heteroatoms. The number of halogens is 1. The number of carbonyl (C=O) groups excluding carboxylic acids is 1. The van der Waals surface area contributed by atoms with Crippen LogP contribution in [0.15, 0.2) is 0 Å². The van der Waals surface area contributed by atoms with E-state index in [2.05, 4.69) is 15.3 Å². The first kappa shape index (κ1) is 9.36. The molecule has 1 aliphatic heterocycles. The minimum absolute atomic E-state index is 0.0962. The molecule has 5 nitrogen and oxygen atoms in total. The van der Waals surface area contributed by atoms with Crippen LogP contribution in [0.2, 0.25) is 5.15 Å². The summed E-state index contributed by atoms with van der Waals surface area (Å²) >= 11 is 5.89. The van der Waals surface area contributed by atoms with Crippen LogP contribution in [0.4, 0.5) is 5.82 Å². The Bertz CT molecular complexity index is 393. The maximum atomic E-state index is 11.1. The number of amides is 1. The fourth-order valence-electron chi connectivity index (χ4n) is 1.34. The number of nitrogens with zero attached hydrogens (tertiary/aromatic N) is 2. The molecule has 0 fully saturated rings. The Kier molecular flexibility index (Phi) is 2.35. The number of hydrogen-bond donors (Lipinski definition) is 2. The third-order valence-electron chi connectivity index (χ3n) is 1.97. The van der Waals surface area contributed by atoms with Crippen molar-refractivity contribution in [3.05, 3.63) is 16.5 Å². The summed E-state index contributed by atoms with van der Waals surface area (Å²) in [7, 11) is 0. The van der Waals surface area contributed by atoms with E-state index in [4.69, 9.17) is 17.3 Å². The number of fused-ring (bicyclic) bond motifs is 1. The van der Waals surface area contributed by atoms with Gasteiger partial charge in [-0.2, -0.15) is 0 Å². The molecule has 0 spiro atoms. The molecular weight excluding hydrogens is 204 g/mol. The zero-order valence-electron chi connectivity index (χ0n) is 7.38. The molecule has 74 valence electrons. The molecule has 2 rings (SSSR count). The van der Waals surface area contributed by atoms with Gasteiger partial charge in [-0.1, -0.05) is 11.6 Å². The SMILES string of the molecule is NCCc1nc(Cl)c2c(n1)NC(=O)C2. The lowest BCUT2D eigenvalue weighted by molar-refractivity contribution is -0.115. The summed E-state index contributed by atoms with van der Waals surface area (Å²) in [6.45, 7) is 0.461. The van der Waals surface area contributed by atoms with Crippen LogP contribution in [-0.4, -0.2) is 22.4 Å². The summed E-state index contributed by atoms with van der Waals surface area (Å²) in [6, 6.07) is 0. The van der Waals surface area contributed by atoms with Crippen LogP contribution in [-0.2, 0) is 17.6 Å². The van der Waals surface area contributed by atoms with Gasteiger partial charge in [-0.15, -0.1) is 0 Å². The van der Waals surface area contributed by atoms with Gasteiger partial charge < -0.3 is 11.1 Å². The van der Waals surface area contributed by atoms with E-state index in [1.165, 1.54) is 0 Å². The van der Waals surface area contributed by atoms with Crippen LogP contribution in [0, 0.1) is 0 Å². The van der Waals surface area contributed by atoms with Crippen LogP contribution < -0.4 is 11.1 Å². The van der Waals surface area contributed by atoms with E-state index in [0.29, 0.717) is 35.3 Å². The lowest BCUT2D eigenvalue weighted by Gasteiger charge is -2.02. The Balaban J connectivity index is 2.40. The van der Waals surface area contributed by atoms with Crippen molar-refractivity contribution in [2.75, 3.05) is 11.9 Å². The first-order valence-electron chi connectivity index (χ1n) is 4.26. The number of aromatic nitrogens is 2.